The van der Waals surface area contributed by atoms with Gasteiger partial charge in [-0.3, -0.25) is 9.69 Å². The number of carboxylic acid groups (broad SMARTS) is 1. The SMILES string of the molecule is CCCCCCCCCCC(C(=O)O)(C(C)O)N(C)C. The van der Waals surface area contributed by atoms with Gasteiger partial charge in [0, 0.05) is 0 Å². The van der Waals surface area contributed by atoms with Crippen LogP contribution in [0.1, 0.15) is 71.6 Å². The lowest BCUT2D eigenvalue weighted by Gasteiger charge is -2.38. The van der Waals surface area contributed by atoms with Crippen LogP contribution >= 0.6 is 0 Å². The predicted molar refractivity (Wildman–Crippen MR) is 83.0 cm³/mol. The molecule has 0 aliphatic carbocycles. The van der Waals surface area contributed by atoms with Gasteiger partial charge in [0.05, 0.1) is 6.10 Å². The molecule has 2 atom stereocenters. The van der Waals surface area contributed by atoms with E-state index in [4.69, 9.17) is 0 Å². The largest absolute Gasteiger partial charge is 0.480 e. The van der Waals surface area contributed by atoms with E-state index in [1.54, 1.807) is 25.9 Å². The van der Waals surface area contributed by atoms with Crippen molar-refractivity contribution >= 4 is 5.97 Å². The molecule has 0 aliphatic rings. The Morgan fingerprint density at radius 3 is 1.85 bits per heavy atom. The third kappa shape index (κ3) is 5.80. The Balaban J connectivity index is 4.07. The minimum absolute atomic E-state index is 0.502. The van der Waals surface area contributed by atoms with E-state index in [2.05, 4.69) is 6.92 Å². The first kappa shape index (κ1) is 19.4. The van der Waals surface area contributed by atoms with Gasteiger partial charge in [0.1, 0.15) is 5.54 Å². The molecule has 120 valence electrons. The molecule has 0 aromatic heterocycles. The summed E-state index contributed by atoms with van der Waals surface area (Å²) in [5, 5.41) is 19.3. The highest BCUT2D eigenvalue weighted by atomic mass is 16.4. The number of carboxylic acids is 1. The lowest BCUT2D eigenvalue weighted by Crippen LogP contribution is -2.58. The molecule has 0 rings (SSSR count). The summed E-state index contributed by atoms with van der Waals surface area (Å²) in [4.78, 5) is 13.2. The van der Waals surface area contributed by atoms with Gasteiger partial charge in [-0.05, 0) is 27.4 Å². The number of aliphatic hydroxyl groups is 1. The standard InChI is InChI=1S/C16H33NO3/c1-5-6-7-8-9-10-11-12-13-16(14(2)18,15(19)20)17(3)4/h14,18H,5-13H2,1-4H3,(H,19,20). The second-order valence-corrected chi connectivity index (χ2v) is 6.02. The molecule has 0 heterocycles. The van der Waals surface area contributed by atoms with E-state index < -0.39 is 17.6 Å². The minimum atomic E-state index is -1.15. The highest BCUT2D eigenvalue weighted by molar-refractivity contribution is 5.79. The number of carbonyl (C=O) groups is 1. The Morgan fingerprint density at radius 1 is 1.05 bits per heavy atom. The molecule has 0 aromatic carbocycles. The summed E-state index contributed by atoms with van der Waals surface area (Å²) >= 11 is 0. The molecule has 2 unspecified atom stereocenters. The van der Waals surface area contributed by atoms with Gasteiger partial charge in [-0.15, -0.1) is 0 Å². The van der Waals surface area contributed by atoms with Crippen molar-refractivity contribution in [3.05, 3.63) is 0 Å². The monoisotopic (exact) mass is 287 g/mol. The normalized spacial score (nSPS) is 16.1. The molecule has 2 N–H and O–H groups in total. The zero-order valence-corrected chi connectivity index (χ0v) is 13.7. The maximum absolute atomic E-state index is 11.5. The van der Waals surface area contributed by atoms with Crippen LogP contribution in [-0.2, 0) is 4.79 Å². The first-order valence-corrected chi connectivity index (χ1v) is 7.98. The number of hydrogen-bond donors (Lipinski definition) is 2. The van der Waals surface area contributed by atoms with Crippen LogP contribution in [0.5, 0.6) is 0 Å². The number of hydrogen-bond acceptors (Lipinski definition) is 3. The van der Waals surface area contributed by atoms with Crippen molar-refractivity contribution in [1.29, 1.82) is 0 Å². The van der Waals surface area contributed by atoms with Crippen LogP contribution in [0.3, 0.4) is 0 Å². The lowest BCUT2D eigenvalue weighted by molar-refractivity contribution is -0.158. The minimum Gasteiger partial charge on any atom is -0.480 e. The molecular weight excluding hydrogens is 254 g/mol. The van der Waals surface area contributed by atoms with Gasteiger partial charge in [0.15, 0.2) is 0 Å². The Hall–Kier alpha value is -0.610. The topological polar surface area (TPSA) is 60.8 Å². The number of likely N-dealkylation sites (N-methyl/N-ethyl adjacent to an activating group) is 1. The summed E-state index contributed by atoms with van der Waals surface area (Å²) in [6, 6.07) is 0. The highest BCUT2D eigenvalue weighted by Gasteiger charge is 2.44. The Morgan fingerprint density at radius 2 is 1.50 bits per heavy atom. The molecule has 0 saturated heterocycles. The zero-order chi connectivity index (χ0) is 15.6. The molecule has 20 heavy (non-hydrogen) atoms. The molecule has 4 heteroatoms. The molecule has 0 spiro atoms. The molecule has 0 aliphatic heterocycles. The van der Waals surface area contributed by atoms with Crippen LogP contribution in [-0.4, -0.2) is 46.8 Å². The van der Waals surface area contributed by atoms with Crippen LogP contribution in [0.4, 0.5) is 0 Å². The molecule has 0 amide bonds. The van der Waals surface area contributed by atoms with Crippen LogP contribution in [0, 0.1) is 0 Å². The van der Waals surface area contributed by atoms with Crippen LogP contribution in [0.2, 0.25) is 0 Å². The number of unbranched alkanes of at least 4 members (excludes halogenated alkanes) is 7. The van der Waals surface area contributed by atoms with Crippen molar-refractivity contribution in [3.8, 4) is 0 Å². The van der Waals surface area contributed by atoms with E-state index in [9.17, 15) is 15.0 Å². The Labute approximate surface area is 124 Å². The van der Waals surface area contributed by atoms with Crippen molar-refractivity contribution in [3.63, 3.8) is 0 Å². The molecule has 0 bridgehead atoms. The van der Waals surface area contributed by atoms with E-state index in [1.807, 2.05) is 0 Å². The quantitative estimate of drug-likeness (QED) is 0.541. The first-order chi connectivity index (χ1) is 9.39. The van der Waals surface area contributed by atoms with Crippen molar-refractivity contribution < 1.29 is 15.0 Å². The van der Waals surface area contributed by atoms with Gasteiger partial charge in [0.25, 0.3) is 0 Å². The van der Waals surface area contributed by atoms with E-state index in [0.717, 1.165) is 19.3 Å². The number of aliphatic hydroxyl groups excluding tert-OH is 1. The maximum atomic E-state index is 11.5. The Bertz CT molecular complexity index is 256. The molecule has 0 aromatic rings. The molecule has 0 saturated carbocycles. The molecule has 0 radical (unpaired) electrons. The fourth-order valence-corrected chi connectivity index (χ4v) is 2.81. The summed E-state index contributed by atoms with van der Waals surface area (Å²) in [6.45, 7) is 3.78. The van der Waals surface area contributed by atoms with E-state index in [-0.39, 0.29) is 0 Å². The fraction of sp³-hybridized carbons (Fsp3) is 0.938. The van der Waals surface area contributed by atoms with E-state index in [1.165, 1.54) is 32.1 Å². The molecular formula is C16H33NO3. The second-order valence-electron chi connectivity index (χ2n) is 6.02. The van der Waals surface area contributed by atoms with Gasteiger partial charge in [0.2, 0.25) is 0 Å². The second kappa shape index (κ2) is 10.2. The summed E-state index contributed by atoms with van der Waals surface area (Å²) in [6.07, 6.45) is 9.07. The van der Waals surface area contributed by atoms with Crippen molar-refractivity contribution in [1.82, 2.24) is 4.90 Å². The Kier molecular flexibility index (Phi) is 9.86. The third-order valence-corrected chi connectivity index (χ3v) is 4.27. The van der Waals surface area contributed by atoms with Gasteiger partial charge in [-0.25, -0.2) is 0 Å². The first-order valence-electron chi connectivity index (χ1n) is 7.98. The van der Waals surface area contributed by atoms with E-state index in [0.29, 0.717) is 6.42 Å². The summed E-state index contributed by atoms with van der Waals surface area (Å²) in [5.74, 6) is -0.930. The zero-order valence-electron chi connectivity index (χ0n) is 13.7. The van der Waals surface area contributed by atoms with E-state index >= 15 is 0 Å². The highest BCUT2D eigenvalue weighted by Crippen LogP contribution is 2.26. The number of rotatable bonds is 12. The average molecular weight is 287 g/mol. The number of aliphatic carboxylic acids is 1. The summed E-state index contributed by atoms with van der Waals surface area (Å²) in [5.41, 5.74) is -1.15. The molecule has 4 nitrogen and oxygen atoms in total. The predicted octanol–water partition coefficient (Wildman–Crippen LogP) is 3.28. The lowest BCUT2D eigenvalue weighted by atomic mass is 9.85. The summed E-state index contributed by atoms with van der Waals surface area (Å²) in [7, 11) is 3.46. The molecule has 0 fully saturated rings. The van der Waals surface area contributed by atoms with Crippen LogP contribution in [0.25, 0.3) is 0 Å². The average Bonchev–Trinajstić information content (AvgIpc) is 2.35. The third-order valence-electron chi connectivity index (χ3n) is 4.27. The smallest absolute Gasteiger partial charge is 0.326 e. The summed E-state index contributed by atoms with van der Waals surface area (Å²) < 4.78 is 0. The van der Waals surface area contributed by atoms with Gasteiger partial charge < -0.3 is 10.2 Å². The van der Waals surface area contributed by atoms with Crippen LogP contribution < -0.4 is 0 Å². The van der Waals surface area contributed by atoms with Gasteiger partial charge in [-0.2, -0.15) is 0 Å². The van der Waals surface area contributed by atoms with Crippen LogP contribution in [0.15, 0.2) is 0 Å². The van der Waals surface area contributed by atoms with Crippen molar-refractivity contribution in [2.45, 2.75) is 83.3 Å². The number of nitrogens with zero attached hydrogens (tertiary/aromatic N) is 1. The maximum Gasteiger partial charge on any atom is 0.326 e. The fourth-order valence-electron chi connectivity index (χ4n) is 2.81. The van der Waals surface area contributed by atoms with Crippen molar-refractivity contribution in [2.75, 3.05) is 14.1 Å². The van der Waals surface area contributed by atoms with Gasteiger partial charge >= 0.3 is 5.97 Å². The van der Waals surface area contributed by atoms with Crippen molar-refractivity contribution in [2.24, 2.45) is 0 Å². The van der Waals surface area contributed by atoms with Gasteiger partial charge in [-0.1, -0.05) is 58.3 Å².